The van der Waals surface area contributed by atoms with Crippen molar-refractivity contribution in [1.29, 1.82) is 0 Å². The van der Waals surface area contributed by atoms with E-state index in [9.17, 15) is 13.2 Å². The number of fused-ring (bicyclic) bond motifs is 1. The lowest BCUT2D eigenvalue weighted by atomic mass is 9.92. The molecule has 9 heteroatoms. The fourth-order valence-electron chi connectivity index (χ4n) is 4.00. The van der Waals surface area contributed by atoms with Crippen LogP contribution in [0.3, 0.4) is 0 Å². The third-order valence-electron chi connectivity index (χ3n) is 5.93. The zero-order valence-corrected chi connectivity index (χ0v) is 17.6. The minimum absolute atomic E-state index is 0.209. The molecule has 0 N–H and O–H groups in total. The topological polar surface area (TPSA) is 90.7 Å². The van der Waals surface area contributed by atoms with Crippen LogP contribution in [0.5, 0.6) is 0 Å². The van der Waals surface area contributed by atoms with Crippen LogP contribution in [0.1, 0.15) is 38.1 Å². The molecule has 1 unspecified atom stereocenters. The van der Waals surface area contributed by atoms with E-state index in [-0.39, 0.29) is 11.2 Å². The smallest absolute Gasteiger partial charge is 0.270 e. The van der Waals surface area contributed by atoms with Crippen LogP contribution < -0.4 is 0 Å². The molecule has 2 aliphatic rings. The Balaban J connectivity index is 1.74. The Morgan fingerprint density at radius 3 is 2.69 bits per heavy atom. The third-order valence-corrected chi connectivity index (χ3v) is 8.25. The van der Waals surface area contributed by atoms with Gasteiger partial charge in [0.25, 0.3) is 5.91 Å². The van der Waals surface area contributed by atoms with Gasteiger partial charge in [0, 0.05) is 25.6 Å². The van der Waals surface area contributed by atoms with Gasteiger partial charge in [-0.25, -0.2) is 13.5 Å². The zero-order valence-electron chi connectivity index (χ0n) is 16.8. The van der Waals surface area contributed by atoms with E-state index in [2.05, 4.69) is 5.10 Å². The van der Waals surface area contributed by atoms with E-state index in [1.54, 1.807) is 30.1 Å². The van der Waals surface area contributed by atoms with Gasteiger partial charge in [-0.1, -0.05) is 6.07 Å². The van der Waals surface area contributed by atoms with E-state index in [1.165, 1.54) is 12.2 Å². The maximum Gasteiger partial charge on any atom is 0.270 e. The first-order chi connectivity index (χ1) is 13.9. The molecule has 1 aromatic heterocycles. The number of amides is 1. The average molecular weight is 422 g/mol. The van der Waals surface area contributed by atoms with Crippen molar-refractivity contribution < 1.29 is 22.8 Å². The number of ether oxygens (including phenoxy) is 1. The van der Waals surface area contributed by atoms with Crippen molar-refractivity contribution in [3.63, 3.8) is 0 Å². The third kappa shape index (κ3) is 3.91. The Kier molecular flexibility index (Phi) is 5.63. The maximum absolute atomic E-state index is 13.1. The van der Waals surface area contributed by atoms with Gasteiger partial charge in [0.15, 0.2) is 9.84 Å². The summed E-state index contributed by atoms with van der Waals surface area (Å²) in [6.45, 7) is 1.38. The van der Waals surface area contributed by atoms with Crippen LogP contribution in [0.2, 0.25) is 0 Å². The summed E-state index contributed by atoms with van der Waals surface area (Å²) in [5.74, 6) is 0.125. The van der Waals surface area contributed by atoms with Crippen molar-refractivity contribution in [2.45, 2.75) is 48.3 Å². The molecule has 1 saturated heterocycles. The Hall–Kier alpha value is -1.97. The van der Waals surface area contributed by atoms with Gasteiger partial charge in [0.1, 0.15) is 6.04 Å². The summed E-state index contributed by atoms with van der Waals surface area (Å²) in [7, 11) is -0.336. The minimum atomic E-state index is -3.36. The fourth-order valence-corrected chi connectivity index (χ4v) is 5.85. The van der Waals surface area contributed by atoms with Crippen LogP contribution in [-0.4, -0.2) is 61.8 Å². The van der Waals surface area contributed by atoms with Crippen LogP contribution in [0, 0.1) is 5.92 Å². The summed E-state index contributed by atoms with van der Waals surface area (Å²) >= 11 is 0. The molecule has 158 valence electrons. The molecular weight excluding hydrogens is 394 g/mol. The number of carbonyl (C=O) groups is 1. The molecule has 1 aliphatic carbocycles. The lowest BCUT2D eigenvalue weighted by Gasteiger charge is -2.28. The van der Waals surface area contributed by atoms with Crippen molar-refractivity contribution in [2.75, 3.05) is 27.4 Å². The minimum Gasteiger partial charge on any atom is -0.381 e. The largest absolute Gasteiger partial charge is 0.381 e. The first kappa shape index (κ1) is 20.3. The van der Waals surface area contributed by atoms with Crippen LogP contribution in [-0.2, 0) is 24.2 Å². The van der Waals surface area contributed by atoms with Crippen LogP contribution in [0.25, 0.3) is 10.9 Å². The van der Waals surface area contributed by atoms with Gasteiger partial charge in [0.2, 0.25) is 0 Å². The lowest BCUT2D eigenvalue weighted by molar-refractivity contribution is -0.173. The van der Waals surface area contributed by atoms with Gasteiger partial charge in [-0.2, -0.15) is 5.10 Å². The lowest BCUT2D eigenvalue weighted by Crippen LogP contribution is -2.36. The molecule has 0 radical (unpaired) electrons. The normalized spacial score (nSPS) is 19.4. The van der Waals surface area contributed by atoms with Gasteiger partial charge in [0.05, 0.1) is 29.0 Å². The fraction of sp³-hybridized carbons (Fsp3) is 0.600. The summed E-state index contributed by atoms with van der Waals surface area (Å²) in [6, 6.07) is 4.62. The predicted molar refractivity (Wildman–Crippen MR) is 107 cm³/mol. The maximum atomic E-state index is 13.1. The molecule has 1 saturated carbocycles. The molecule has 1 amide bonds. The highest BCUT2D eigenvalue weighted by Gasteiger charge is 2.38. The Bertz CT molecular complexity index is 993. The van der Waals surface area contributed by atoms with Gasteiger partial charge in [-0.15, -0.1) is 0 Å². The van der Waals surface area contributed by atoms with Gasteiger partial charge in [-0.3, -0.25) is 14.3 Å². The number of nitrogens with zero attached hydrogens (tertiary/aromatic N) is 3. The molecule has 4 rings (SSSR count). The molecule has 0 bridgehead atoms. The number of rotatable bonds is 7. The molecule has 29 heavy (non-hydrogen) atoms. The summed E-state index contributed by atoms with van der Waals surface area (Å²) in [5.41, 5.74) is 0.654. The first-order valence-corrected chi connectivity index (χ1v) is 11.6. The molecule has 1 aliphatic heterocycles. The number of aromatic nitrogens is 2. The number of hydrogen-bond donors (Lipinski definition) is 0. The highest BCUT2D eigenvalue weighted by Crippen LogP contribution is 2.37. The number of hydrogen-bond acceptors (Lipinski definition) is 6. The molecule has 2 heterocycles. The van der Waals surface area contributed by atoms with Gasteiger partial charge in [-0.05, 0) is 50.2 Å². The van der Waals surface area contributed by atoms with E-state index in [0.29, 0.717) is 54.2 Å². The van der Waals surface area contributed by atoms with E-state index < -0.39 is 15.9 Å². The van der Waals surface area contributed by atoms with Gasteiger partial charge >= 0.3 is 0 Å². The number of benzene rings is 1. The van der Waals surface area contributed by atoms with Crippen molar-refractivity contribution in [1.82, 2.24) is 14.8 Å². The van der Waals surface area contributed by atoms with Gasteiger partial charge < -0.3 is 4.74 Å². The van der Waals surface area contributed by atoms with Crippen LogP contribution in [0.4, 0.5) is 0 Å². The number of hydroxylamine groups is 2. The van der Waals surface area contributed by atoms with E-state index >= 15 is 0 Å². The molecule has 2 fully saturated rings. The quantitative estimate of drug-likeness (QED) is 0.638. The number of likely N-dealkylation sites (N-methyl/N-ethyl adjacent to an activating group) is 1. The van der Waals surface area contributed by atoms with E-state index in [1.807, 2.05) is 6.07 Å². The second-order valence-electron chi connectivity index (χ2n) is 7.85. The SMILES string of the molecule is CON(C)C(=O)C(CC1CCOCC1)n1ncc2c(S(=O)(=O)C3CC3)cccc21. The van der Waals surface area contributed by atoms with E-state index in [4.69, 9.17) is 9.57 Å². The van der Waals surface area contributed by atoms with Crippen LogP contribution >= 0.6 is 0 Å². The summed E-state index contributed by atoms with van der Waals surface area (Å²) in [6.07, 6.45) is 5.36. The summed E-state index contributed by atoms with van der Waals surface area (Å²) < 4.78 is 32.8. The number of sulfone groups is 1. The molecule has 0 spiro atoms. The zero-order chi connectivity index (χ0) is 20.6. The monoisotopic (exact) mass is 421 g/mol. The molecule has 8 nitrogen and oxygen atoms in total. The highest BCUT2D eigenvalue weighted by molar-refractivity contribution is 7.92. The number of carbonyl (C=O) groups excluding carboxylic acids is 1. The Labute approximate surface area is 170 Å². The second kappa shape index (κ2) is 8.04. The highest BCUT2D eigenvalue weighted by atomic mass is 32.2. The van der Waals surface area contributed by atoms with Crippen molar-refractivity contribution in [3.8, 4) is 0 Å². The Morgan fingerprint density at radius 2 is 2.03 bits per heavy atom. The molecule has 2 aromatic rings. The molecular formula is C20H27N3O5S. The second-order valence-corrected chi connectivity index (χ2v) is 10.0. The first-order valence-electron chi connectivity index (χ1n) is 10.0. The molecule has 1 atom stereocenters. The standard InChI is InChI=1S/C20H27N3O5S/c1-22(27-2)20(24)18(12-14-8-10-28-11-9-14)23-17-4-3-5-19(16(17)13-21-23)29(25,26)15-6-7-15/h3-5,13-15,18H,6-12H2,1-2H3. The van der Waals surface area contributed by atoms with Crippen molar-refractivity contribution in [2.24, 2.45) is 5.92 Å². The summed E-state index contributed by atoms with van der Waals surface area (Å²) in [5, 5.41) is 5.96. The predicted octanol–water partition coefficient (Wildman–Crippen LogP) is 2.35. The summed E-state index contributed by atoms with van der Waals surface area (Å²) in [4.78, 5) is 18.5. The van der Waals surface area contributed by atoms with Crippen molar-refractivity contribution in [3.05, 3.63) is 24.4 Å². The Morgan fingerprint density at radius 1 is 1.31 bits per heavy atom. The molecule has 1 aromatic carbocycles. The van der Waals surface area contributed by atoms with E-state index in [0.717, 1.165) is 12.8 Å². The van der Waals surface area contributed by atoms with Crippen LogP contribution in [0.15, 0.2) is 29.3 Å². The van der Waals surface area contributed by atoms with Crippen molar-refractivity contribution >= 4 is 26.6 Å². The average Bonchev–Trinajstić information content (AvgIpc) is 3.52.